The second kappa shape index (κ2) is 12.8. The van der Waals surface area contributed by atoms with Crippen LogP contribution in [0.25, 0.3) is 0 Å². The van der Waals surface area contributed by atoms with E-state index in [1.165, 1.54) is 54.5 Å². The Morgan fingerprint density at radius 3 is 2.20 bits per heavy atom. The second-order valence-corrected chi connectivity index (χ2v) is 12.2. The van der Waals surface area contributed by atoms with Gasteiger partial charge in [-0.1, -0.05) is 36.4 Å². The van der Waals surface area contributed by atoms with E-state index in [1.807, 2.05) is 20.8 Å². The Bertz CT molecular complexity index is 1490. The minimum Gasteiger partial charge on any atom is -0.497 e. The number of benzene rings is 3. The number of carbonyl (C=O) groups excluding carboxylic acids is 2. The first-order valence-corrected chi connectivity index (χ1v) is 14.2. The van der Waals surface area contributed by atoms with E-state index in [0.717, 1.165) is 10.4 Å². The lowest BCUT2D eigenvalue weighted by molar-refractivity contribution is -0.384. The van der Waals surface area contributed by atoms with Crippen molar-refractivity contribution < 1.29 is 27.7 Å². The Labute approximate surface area is 239 Å². The van der Waals surface area contributed by atoms with Gasteiger partial charge in [0.25, 0.3) is 15.7 Å². The first-order valence-electron chi connectivity index (χ1n) is 12.8. The molecule has 3 aromatic rings. The molecule has 0 heterocycles. The summed E-state index contributed by atoms with van der Waals surface area (Å²) in [5, 5.41) is 14.3. The number of nitrogens with zero attached hydrogens (tertiary/aromatic N) is 3. The number of nitro groups is 1. The quantitative estimate of drug-likeness (QED) is 0.265. The van der Waals surface area contributed by atoms with Crippen molar-refractivity contribution in [2.45, 2.75) is 50.7 Å². The van der Waals surface area contributed by atoms with E-state index in [1.54, 1.807) is 37.3 Å². The van der Waals surface area contributed by atoms with Crippen molar-refractivity contribution in [3.05, 3.63) is 94.5 Å². The lowest BCUT2D eigenvalue weighted by atomic mass is 10.1. The smallest absolute Gasteiger partial charge is 0.271 e. The third-order valence-electron chi connectivity index (χ3n) is 6.12. The molecule has 0 aromatic heterocycles. The molecule has 3 rings (SSSR count). The average molecular weight is 583 g/mol. The fraction of sp³-hybridized carbons (Fsp3) is 0.310. The normalized spacial score (nSPS) is 12.2. The van der Waals surface area contributed by atoms with Gasteiger partial charge in [0.2, 0.25) is 11.8 Å². The van der Waals surface area contributed by atoms with Crippen molar-refractivity contribution in [2.24, 2.45) is 0 Å². The monoisotopic (exact) mass is 582 g/mol. The molecular weight excluding hydrogens is 548 g/mol. The zero-order chi connectivity index (χ0) is 30.4. The van der Waals surface area contributed by atoms with E-state index in [-0.39, 0.29) is 22.8 Å². The molecule has 0 fully saturated rings. The molecule has 0 aliphatic carbocycles. The number of hydrogen-bond acceptors (Lipinski definition) is 7. The van der Waals surface area contributed by atoms with Crippen molar-refractivity contribution in [2.75, 3.05) is 18.0 Å². The van der Waals surface area contributed by atoms with Crippen LogP contribution in [0.3, 0.4) is 0 Å². The van der Waals surface area contributed by atoms with Crippen LogP contribution in [0.1, 0.15) is 33.3 Å². The summed E-state index contributed by atoms with van der Waals surface area (Å²) in [6.45, 7) is 6.28. The first kappa shape index (κ1) is 31.1. The maximum Gasteiger partial charge on any atom is 0.271 e. The molecule has 0 bridgehead atoms. The van der Waals surface area contributed by atoms with Gasteiger partial charge in [0.1, 0.15) is 18.3 Å². The van der Waals surface area contributed by atoms with Crippen LogP contribution >= 0.6 is 0 Å². The van der Waals surface area contributed by atoms with Crippen LogP contribution in [0.2, 0.25) is 0 Å². The third-order valence-corrected chi connectivity index (χ3v) is 7.90. The van der Waals surface area contributed by atoms with E-state index >= 15 is 0 Å². The van der Waals surface area contributed by atoms with E-state index in [9.17, 15) is 28.1 Å². The predicted octanol–water partition coefficient (Wildman–Crippen LogP) is 4.13. The number of nitrogens with one attached hydrogen (secondary N) is 1. The highest BCUT2D eigenvalue weighted by Crippen LogP contribution is 2.27. The predicted molar refractivity (Wildman–Crippen MR) is 155 cm³/mol. The van der Waals surface area contributed by atoms with Crippen molar-refractivity contribution >= 4 is 33.2 Å². The highest BCUT2D eigenvalue weighted by atomic mass is 32.2. The lowest BCUT2D eigenvalue weighted by Gasteiger charge is -2.33. The molecule has 218 valence electrons. The molecule has 0 saturated carbocycles. The molecule has 0 unspecified atom stereocenters. The van der Waals surface area contributed by atoms with Gasteiger partial charge in [0.15, 0.2) is 0 Å². The van der Waals surface area contributed by atoms with Gasteiger partial charge in [-0.15, -0.1) is 0 Å². The van der Waals surface area contributed by atoms with E-state index < -0.39 is 44.9 Å². The number of amides is 2. The minimum atomic E-state index is -4.34. The Kier molecular flexibility index (Phi) is 9.71. The zero-order valence-electron chi connectivity index (χ0n) is 23.6. The van der Waals surface area contributed by atoms with Gasteiger partial charge in [0, 0.05) is 24.2 Å². The number of hydrogen-bond donors (Lipinski definition) is 1. The zero-order valence-corrected chi connectivity index (χ0v) is 24.4. The third kappa shape index (κ3) is 8.04. The number of carbonyl (C=O) groups is 2. The molecule has 0 radical (unpaired) electrons. The minimum absolute atomic E-state index is 0.00425. The second-order valence-electron chi connectivity index (χ2n) is 10.4. The number of methoxy groups -OCH3 is 1. The summed E-state index contributed by atoms with van der Waals surface area (Å²) in [4.78, 5) is 39.1. The highest BCUT2D eigenvalue weighted by molar-refractivity contribution is 7.92. The fourth-order valence-corrected chi connectivity index (χ4v) is 5.42. The molecule has 2 amide bonds. The fourth-order valence-electron chi connectivity index (χ4n) is 3.99. The van der Waals surface area contributed by atoms with Crippen molar-refractivity contribution in [3.8, 4) is 5.75 Å². The number of anilines is 1. The molecule has 0 aliphatic rings. The van der Waals surface area contributed by atoms with Crippen molar-refractivity contribution in [1.29, 1.82) is 0 Å². The molecule has 12 heteroatoms. The van der Waals surface area contributed by atoms with E-state index in [0.29, 0.717) is 11.3 Å². The summed E-state index contributed by atoms with van der Waals surface area (Å²) in [5.74, 6) is -0.494. The first-order chi connectivity index (χ1) is 19.2. The van der Waals surface area contributed by atoms with Gasteiger partial charge in [0.05, 0.1) is 22.6 Å². The molecule has 41 heavy (non-hydrogen) atoms. The Morgan fingerprint density at radius 1 is 1.00 bits per heavy atom. The number of non-ortho nitro benzene ring substituents is 1. The summed E-state index contributed by atoms with van der Waals surface area (Å²) in [7, 11) is -2.81. The maximum atomic E-state index is 13.9. The summed E-state index contributed by atoms with van der Waals surface area (Å²) >= 11 is 0. The van der Waals surface area contributed by atoms with Crippen LogP contribution in [-0.2, 0) is 26.2 Å². The van der Waals surface area contributed by atoms with Crippen LogP contribution < -0.4 is 14.4 Å². The molecule has 11 nitrogen and oxygen atoms in total. The number of nitro benzene ring substituents is 1. The number of rotatable bonds is 11. The topological polar surface area (TPSA) is 139 Å². The van der Waals surface area contributed by atoms with Gasteiger partial charge in [-0.2, -0.15) is 0 Å². The van der Waals surface area contributed by atoms with Gasteiger partial charge in [-0.05, 0) is 63.6 Å². The maximum absolute atomic E-state index is 13.9. The number of sulfonamides is 1. The molecule has 3 aromatic carbocycles. The molecule has 1 N–H and O–H groups in total. The van der Waals surface area contributed by atoms with Crippen molar-refractivity contribution in [1.82, 2.24) is 10.2 Å². The summed E-state index contributed by atoms with van der Waals surface area (Å²) in [6.07, 6.45) is 0. The molecule has 0 aliphatic heterocycles. The van der Waals surface area contributed by atoms with Gasteiger partial charge < -0.3 is 15.0 Å². The summed E-state index contributed by atoms with van der Waals surface area (Å²) < 4.78 is 33.6. The summed E-state index contributed by atoms with van der Waals surface area (Å²) in [6, 6.07) is 18.5. The van der Waals surface area contributed by atoms with Crippen LogP contribution in [0, 0.1) is 10.1 Å². The van der Waals surface area contributed by atoms with Crippen LogP contribution in [0.15, 0.2) is 83.8 Å². The van der Waals surface area contributed by atoms with E-state index in [2.05, 4.69) is 5.32 Å². The SMILES string of the molecule is COc1ccc(CN(C(=O)CN(c2cccc([N+](=O)[O-])c2)S(=O)(=O)c2ccccc2)[C@H](C)C(=O)NC(C)(C)C)cc1. The van der Waals surface area contributed by atoms with Gasteiger partial charge >= 0.3 is 0 Å². The summed E-state index contributed by atoms with van der Waals surface area (Å²) in [5.41, 5.74) is -0.294. The molecule has 1 atom stereocenters. The Balaban J connectivity index is 2.06. The van der Waals surface area contributed by atoms with Crippen LogP contribution in [-0.4, -0.2) is 55.3 Å². The van der Waals surface area contributed by atoms with Gasteiger partial charge in [-0.25, -0.2) is 8.42 Å². The van der Waals surface area contributed by atoms with Gasteiger partial charge in [-0.3, -0.25) is 24.0 Å². The van der Waals surface area contributed by atoms with E-state index in [4.69, 9.17) is 4.74 Å². The molecular formula is C29H34N4O7S. The molecule has 0 saturated heterocycles. The highest BCUT2D eigenvalue weighted by Gasteiger charge is 2.33. The largest absolute Gasteiger partial charge is 0.497 e. The lowest BCUT2D eigenvalue weighted by Crippen LogP contribution is -2.54. The Hall–Kier alpha value is -4.45. The average Bonchev–Trinajstić information content (AvgIpc) is 2.94. The van der Waals surface area contributed by atoms with Crippen LogP contribution in [0.4, 0.5) is 11.4 Å². The molecule has 0 spiro atoms. The Morgan fingerprint density at radius 2 is 1.63 bits per heavy atom. The van der Waals surface area contributed by atoms with Crippen molar-refractivity contribution in [3.63, 3.8) is 0 Å². The standard InChI is InChI=1S/C29H34N4O7S/c1-21(28(35)30-29(2,3)4)31(19-22-14-16-25(40-5)17-15-22)27(34)20-32(23-10-9-11-24(18-23)33(36)37)41(38,39)26-12-7-6-8-13-26/h6-18,21H,19-20H2,1-5H3,(H,30,35)/t21-/m1/s1. The number of ether oxygens (including phenoxy) is 1. The van der Waals surface area contributed by atoms with Crippen LogP contribution in [0.5, 0.6) is 5.75 Å².